The van der Waals surface area contributed by atoms with E-state index in [1.54, 1.807) is 24.4 Å². The minimum Gasteiger partial charge on any atom is -0.376 e. The van der Waals surface area contributed by atoms with Crippen molar-refractivity contribution in [2.45, 2.75) is 18.9 Å². The Morgan fingerprint density at radius 2 is 2.00 bits per heavy atom. The van der Waals surface area contributed by atoms with Gasteiger partial charge in [0.15, 0.2) is 0 Å². The molecule has 0 saturated carbocycles. The van der Waals surface area contributed by atoms with Crippen molar-refractivity contribution in [2.24, 2.45) is 0 Å². The highest BCUT2D eigenvalue weighted by molar-refractivity contribution is 9.12. The fourth-order valence-electron chi connectivity index (χ4n) is 2.15. The molecule has 2 aromatic rings. The lowest BCUT2D eigenvalue weighted by atomic mass is 9.92. The van der Waals surface area contributed by atoms with Crippen LogP contribution in [0.2, 0.25) is 10.0 Å². The number of pyridine rings is 1. The number of nitrogens with zero attached hydrogens (tertiary/aromatic N) is 1. The summed E-state index contributed by atoms with van der Waals surface area (Å²) in [6, 6.07) is 8.94. The summed E-state index contributed by atoms with van der Waals surface area (Å²) in [5.74, 6) is 2.57. The van der Waals surface area contributed by atoms with Crippen LogP contribution in [0.4, 0.5) is 0 Å². The van der Waals surface area contributed by atoms with Gasteiger partial charge in [-0.1, -0.05) is 48.2 Å². The first-order chi connectivity index (χ1) is 10.0. The molecule has 2 unspecified atom stereocenters. The highest BCUT2D eigenvalue weighted by atomic mass is 79.9. The molecule has 2 rings (SSSR count). The molecule has 0 fully saturated rings. The van der Waals surface area contributed by atoms with Crippen molar-refractivity contribution < 1.29 is 5.11 Å². The normalized spacial score (nSPS) is 13.2. The highest BCUT2D eigenvalue weighted by Gasteiger charge is 2.19. The second-order valence-electron chi connectivity index (χ2n) is 4.51. The number of aliphatic hydroxyl groups excluding tert-OH is 1. The van der Waals surface area contributed by atoms with E-state index in [0.29, 0.717) is 15.6 Å². The quantitative estimate of drug-likeness (QED) is 0.761. The van der Waals surface area contributed by atoms with E-state index in [9.17, 15) is 5.11 Å². The molecule has 2 nitrogen and oxygen atoms in total. The fraction of sp³-hybridized carbons (Fsp3) is 0.188. The second kappa shape index (κ2) is 7.29. The van der Waals surface area contributed by atoms with Gasteiger partial charge in [0.2, 0.25) is 0 Å². The number of halogens is 3. The molecule has 0 saturated heterocycles. The largest absolute Gasteiger partial charge is 0.376 e. The minimum atomic E-state index is -0.901. The van der Waals surface area contributed by atoms with Crippen molar-refractivity contribution >= 4 is 39.1 Å². The topological polar surface area (TPSA) is 33.1 Å². The molecule has 0 bridgehead atoms. The molecule has 0 amide bonds. The van der Waals surface area contributed by atoms with E-state index in [2.05, 4.69) is 31.7 Å². The molecule has 5 heteroatoms. The summed E-state index contributed by atoms with van der Waals surface area (Å²) in [5.41, 5.74) is 2.31. The molecule has 21 heavy (non-hydrogen) atoms. The van der Waals surface area contributed by atoms with E-state index in [1.165, 1.54) is 0 Å². The summed E-state index contributed by atoms with van der Waals surface area (Å²) in [6.07, 6.45) is 0.787. The Balaban J connectivity index is 2.47. The third kappa shape index (κ3) is 3.78. The maximum Gasteiger partial charge on any atom is 0.142 e. The van der Waals surface area contributed by atoms with Crippen molar-refractivity contribution in [1.29, 1.82) is 0 Å². The Bertz CT molecular complexity index is 709. The van der Waals surface area contributed by atoms with E-state index >= 15 is 0 Å². The van der Waals surface area contributed by atoms with Crippen LogP contribution in [0.3, 0.4) is 0 Å². The van der Waals surface area contributed by atoms with Gasteiger partial charge in [0.1, 0.15) is 6.10 Å². The zero-order valence-electron chi connectivity index (χ0n) is 11.1. The van der Waals surface area contributed by atoms with Crippen LogP contribution < -0.4 is 0 Å². The predicted octanol–water partition coefficient (Wildman–Crippen LogP) is 4.93. The smallest absolute Gasteiger partial charge is 0.142 e. The third-order valence-electron chi connectivity index (χ3n) is 3.20. The summed E-state index contributed by atoms with van der Waals surface area (Å²) in [5, 5.41) is 11.3. The SMILES string of the molecule is CC(c1ccc(Cl)cc1Cl)c1ncccc1C(O)C#CBr. The average Bonchev–Trinajstić information content (AvgIpc) is 2.47. The Kier molecular flexibility index (Phi) is 5.66. The van der Waals surface area contributed by atoms with Gasteiger partial charge in [-0.25, -0.2) is 0 Å². The van der Waals surface area contributed by atoms with Gasteiger partial charge < -0.3 is 5.11 Å². The molecule has 0 radical (unpaired) electrons. The lowest BCUT2D eigenvalue weighted by molar-refractivity contribution is 0.236. The zero-order chi connectivity index (χ0) is 15.4. The van der Waals surface area contributed by atoms with Crippen LogP contribution in [0.5, 0.6) is 0 Å². The average molecular weight is 385 g/mol. The molecule has 1 N–H and O–H groups in total. The number of hydrogen-bond acceptors (Lipinski definition) is 2. The molecular formula is C16H12BrCl2NO. The summed E-state index contributed by atoms with van der Waals surface area (Å²) >= 11 is 15.2. The van der Waals surface area contributed by atoms with Gasteiger partial charge in [-0.05, 0) is 28.6 Å². The maximum atomic E-state index is 10.1. The van der Waals surface area contributed by atoms with Crippen LogP contribution in [0.25, 0.3) is 0 Å². The van der Waals surface area contributed by atoms with Gasteiger partial charge in [0.25, 0.3) is 0 Å². The predicted molar refractivity (Wildman–Crippen MR) is 89.9 cm³/mol. The number of benzene rings is 1. The van der Waals surface area contributed by atoms with E-state index in [1.807, 2.05) is 19.1 Å². The molecule has 1 heterocycles. The molecule has 0 aliphatic rings. The summed E-state index contributed by atoms with van der Waals surface area (Å²) < 4.78 is 0. The van der Waals surface area contributed by atoms with E-state index in [4.69, 9.17) is 23.2 Å². The first-order valence-corrected chi connectivity index (χ1v) is 7.78. The maximum absolute atomic E-state index is 10.1. The fourth-order valence-corrected chi connectivity index (χ4v) is 2.94. The van der Waals surface area contributed by atoms with Crippen LogP contribution >= 0.6 is 39.1 Å². The zero-order valence-corrected chi connectivity index (χ0v) is 14.2. The summed E-state index contributed by atoms with van der Waals surface area (Å²) in [6.45, 7) is 1.98. The number of aromatic nitrogens is 1. The third-order valence-corrected chi connectivity index (χ3v) is 3.99. The molecule has 1 aromatic heterocycles. The van der Waals surface area contributed by atoms with E-state index < -0.39 is 6.10 Å². The van der Waals surface area contributed by atoms with Crippen molar-refractivity contribution in [3.8, 4) is 10.8 Å². The molecule has 0 aliphatic heterocycles. The molecule has 0 spiro atoms. The molecular weight excluding hydrogens is 373 g/mol. The summed E-state index contributed by atoms with van der Waals surface area (Å²) in [7, 11) is 0. The summed E-state index contributed by atoms with van der Waals surface area (Å²) in [4.78, 5) is 6.92. The first kappa shape index (κ1) is 16.3. The van der Waals surface area contributed by atoms with E-state index in [0.717, 1.165) is 11.3 Å². The van der Waals surface area contributed by atoms with Crippen LogP contribution in [0, 0.1) is 10.8 Å². The van der Waals surface area contributed by atoms with Gasteiger partial charge in [-0.3, -0.25) is 4.98 Å². The lowest BCUT2D eigenvalue weighted by Crippen LogP contribution is -2.07. The van der Waals surface area contributed by atoms with Crippen LogP contribution in [0.1, 0.15) is 35.8 Å². The van der Waals surface area contributed by atoms with Gasteiger partial charge in [-0.15, -0.1) is 0 Å². The minimum absolute atomic E-state index is 0.0854. The van der Waals surface area contributed by atoms with Crippen LogP contribution in [-0.4, -0.2) is 10.1 Å². The van der Waals surface area contributed by atoms with Crippen molar-refractivity contribution in [1.82, 2.24) is 4.98 Å². The van der Waals surface area contributed by atoms with Gasteiger partial charge >= 0.3 is 0 Å². The number of hydrogen-bond donors (Lipinski definition) is 1. The Hall–Kier alpha value is -1.05. The highest BCUT2D eigenvalue weighted by Crippen LogP contribution is 2.33. The molecule has 108 valence electrons. The van der Waals surface area contributed by atoms with Crippen LogP contribution in [0.15, 0.2) is 36.5 Å². The standard InChI is InChI=1S/C16H12BrCl2NO/c1-10(12-5-4-11(18)9-14(12)19)16-13(3-2-8-20-16)15(21)6-7-17/h2-5,8-10,15,21H,1H3. The number of rotatable bonds is 3. The van der Waals surface area contributed by atoms with Gasteiger partial charge in [0, 0.05) is 43.7 Å². The van der Waals surface area contributed by atoms with Gasteiger partial charge in [0.05, 0.1) is 5.69 Å². The van der Waals surface area contributed by atoms with Crippen LogP contribution in [-0.2, 0) is 0 Å². The van der Waals surface area contributed by atoms with Crippen molar-refractivity contribution in [2.75, 3.05) is 0 Å². The molecule has 0 aliphatic carbocycles. The number of aliphatic hydroxyl groups is 1. The first-order valence-electron chi connectivity index (χ1n) is 6.23. The van der Waals surface area contributed by atoms with Crippen molar-refractivity contribution in [3.05, 3.63) is 63.4 Å². The van der Waals surface area contributed by atoms with Gasteiger partial charge in [-0.2, -0.15) is 0 Å². The van der Waals surface area contributed by atoms with E-state index in [-0.39, 0.29) is 5.92 Å². The monoisotopic (exact) mass is 383 g/mol. The Morgan fingerprint density at radius 1 is 1.24 bits per heavy atom. The lowest BCUT2D eigenvalue weighted by Gasteiger charge is -2.18. The van der Waals surface area contributed by atoms with Crippen molar-refractivity contribution in [3.63, 3.8) is 0 Å². The molecule has 1 aromatic carbocycles. The molecule has 2 atom stereocenters. The Morgan fingerprint density at radius 3 is 2.67 bits per heavy atom. The Labute approximate surface area is 142 Å². The second-order valence-corrected chi connectivity index (χ2v) is 5.75.